The molecule has 2 rings (SSSR count). The van der Waals surface area contributed by atoms with Crippen molar-refractivity contribution in [1.82, 2.24) is 0 Å². The number of rotatable bonds is 10. The number of carbonyl (C=O) groups is 1. The van der Waals surface area contributed by atoms with Crippen molar-refractivity contribution in [3.8, 4) is 11.5 Å². The number of nitrogens with zero attached hydrogens (tertiary/aromatic N) is 2. The third-order valence-electron chi connectivity index (χ3n) is 3.96. The Bertz CT molecular complexity index is 802. The van der Waals surface area contributed by atoms with Crippen LogP contribution < -0.4 is 39.6 Å². The minimum atomic E-state index is -0.246. The SMILES string of the molecule is CCCCOc1cc(NC(=O)c2ccccc2)c(OCCCC)cc1[N+]#N.[Cl-].[Cl-].[Zn+2]. The van der Waals surface area contributed by atoms with Crippen molar-refractivity contribution in [2.45, 2.75) is 39.5 Å². The molecular formula is C21H26Cl2N3O3Zn+. The van der Waals surface area contributed by atoms with Crippen LogP contribution in [0.3, 0.4) is 0 Å². The predicted octanol–water partition coefficient (Wildman–Crippen LogP) is -0.213. The summed E-state index contributed by atoms with van der Waals surface area (Å²) in [5.41, 5.74) is 1.30. The van der Waals surface area contributed by atoms with Crippen molar-refractivity contribution < 1.29 is 58.6 Å². The zero-order chi connectivity index (χ0) is 19.5. The van der Waals surface area contributed by atoms with Gasteiger partial charge in [-0.2, -0.15) is 0 Å². The monoisotopic (exact) mass is 502 g/mol. The second-order valence-corrected chi connectivity index (χ2v) is 6.14. The first-order chi connectivity index (χ1) is 13.2. The second kappa shape index (κ2) is 16.9. The maximum Gasteiger partial charge on any atom is 2.00 e. The minimum absolute atomic E-state index is 0. The molecule has 0 aliphatic rings. The smallest absolute Gasteiger partial charge is 1.00 e. The van der Waals surface area contributed by atoms with Gasteiger partial charge in [-0.25, -0.2) is 0 Å². The molecule has 0 aromatic heterocycles. The van der Waals surface area contributed by atoms with Crippen molar-refractivity contribution in [3.63, 3.8) is 0 Å². The average Bonchev–Trinajstić information content (AvgIpc) is 2.70. The minimum Gasteiger partial charge on any atom is -1.00 e. The maximum atomic E-state index is 12.5. The van der Waals surface area contributed by atoms with Crippen molar-refractivity contribution >= 4 is 17.3 Å². The van der Waals surface area contributed by atoms with Crippen LogP contribution in [0.1, 0.15) is 49.9 Å². The summed E-state index contributed by atoms with van der Waals surface area (Å²) in [5, 5.41) is 12.2. The van der Waals surface area contributed by atoms with E-state index in [0.717, 1.165) is 25.7 Å². The van der Waals surface area contributed by atoms with Gasteiger partial charge in [-0.05, 0) is 25.0 Å². The molecule has 0 spiro atoms. The van der Waals surface area contributed by atoms with Crippen LogP contribution in [0.4, 0.5) is 11.4 Å². The van der Waals surface area contributed by atoms with Crippen LogP contribution in [0.2, 0.25) is 0 Å². The molecule has 2 aromatic rings. The number of ether oxygens (including phenoxy) is 2. The van der Waals surface area contributed by atoms with Gasteiger partial charge in [-0.15, -0.1) is 0 Å². The number of nitrogens with one attached hydrogen (secondary N) is 1. The molecule has 2 aromatic carbocycles. The van der Waals surface area contributed by atoms with Gasteiger partial charge in [0.15, 0.2) is 10.7 Å². The first-order valence-electron chi connectivity index (χ1n) is 9.34. The zero-order valence-electron chi connectivity index (χ0n) is 17.4. The summed E-state index contributed by atoms with van der Waals surface area (Å²) < 4.78 is 11.5. The number of hydrogen-bond acceptors (Lipinski definition) is 4. The molecule has 0 heterocycles. The Morgan fingerprint density at radius 1 is 0.967 bits per heavy atom. The molecule has 0 radical (unpaired) electrons. The van der Waals surface area contributed by atoms with Crippen molar-refractivity contribution in [3.05, 3.63) is 53.0 Å². The van der Waals surface area contributed by atoms with E-state index in [0.29, 0.717) is 36.0 Å². The number of amides is 1. The summed E-state index contributed by atoms with van der Waals surface area (Å²) in [6, 6.07) is 12.2. The van der Waals surface area contributed by atoms with Gasteiger partial charge in [0.1, 0.15) is 0 Å². The van der Waals surface area contributed by atoms with Crippen LogP contribution in [0.15, 0.2) is 42.5 Å². The Labute approximate surface area is 203 Å². The normalized spacial score (nSPS) is 9.10. The van der Waals surface area contributed by atoms with Crippen LogP contribution in [0, 0.1) is 5.39 Å². The van der Waals surface area contributed by atoms with Crippen molar-refractivity contribution in [2.75, 3.05) is 18.5 Å². The summed E-state index contributed by atoms with van der Waals surface area (Å²) in [5.74, 6) is 0.602. The van der Waals surface area contributed by atoms with Crippen molar-refractivity contribution in [1.29, 1.82) is 5.39 Å². The standard InChI is InChI=1S/C21H25N3O3.2ClH.Zn/c1-3-5-12-26-19-15-18(24-22)20(27-13-6-4-2)14-17(19)23-21(25)16-10-8-7-9-11-16;;;/h7-11,14-15H,3-6,12-13H2,1-2H3;2*1H;/q;;;+2/p-1. The van der Waals surface area contributed by atoms with E-state index >= 15 is 0 Å². The molecular weight excluding hydrogens is 479 g/mol. The molecule has 0 bridgehead atoms. The van der Waals surface area contributed by atoms with Gasteiger partial charge >= 0.3 is 25.2 Å². The van der Waals surface area contributed by atoms with E-state index in [1.165, 1.54) is 0 Å². The topological polar surface area (TPSA) is 75.7 Å². The van der Waals surface area contributed by atoms with Gasteiger partial charge < -0.3 is 39.6 Å². The molecule has 6 nitrogen and oxygen atoms in total. The van der Waals surface area contributed by atoms with Crippen LogP contribution in [-0.4, -0.2) is 19.1 Å². The van der Waals surface area contributed by atoms with Crippen LogP contribution in [0.5, 0.6) is 11.5 Å². The Balaban J connectivity index is 0. The van der Waals surface area contributed by atoms with E-state index in [-0.39, 0.29) is 55.9 Å². The van der Waals surface area contributed by atoms with Gasteiger partial charge in [0.25, 0.3) is 5.91 Å². The Hall–Kier alpha value is -1.87. The quantitative estimate of drug-likeness (QED) is 0.276. The third kappa shape index (κ3) is 9.30. The molecule has 0 saturated heterocycles. The second-order valence-electron chi connectivity index (χ2n) is 6.14. The molecule has 1 amide bonds. The number of carbonyl (C=O) groups excluding carboxylic acids is 1. The molecule has 9 heteroatoms. The van der Waals surface area contributed by atoms with Gasteiger partial charge in [0, 0.05) is 11.6 Å². The molecule has 0 saturated carbocycles. The fourth-order valence-electron chi connectivity index (χ4n) is 2.40. The predicted molar refractivity (Wildman–Crippen MR) is 106 cm³/mol. The summed E-state index contributed by atoms with van der Waals surface area (Å²) >= 11 is 0. The first-order valence-corrected chi connectivity index (χ1v) is 9.34. The van der Waals surface area contributed by atoms with E-state index in [2.05, 4.69) is 24.1 Å². The summed E-state index contributed by atoms with van der Waals surface area (Å²) in [6.07, 6.45) is 3.74. The molecule has 158 valence electrons. The molecule has 1 N–H and O–H groups in total. The van der Waals surface area contributed by atoms with Crippen molar-refractivity contribution in [2.24, 2.45) is 0 Å². The van der Waals surface area contributed by atoms with Gasteiger partial charge in [0.05, 0.1) is 25.0 Å². The van der Waals surface area contributed by atoms with Crippen LogP contribution in [0.25, 0.3) is 4.98 Å². The summed E-state index contributed by atoms with van der Waals surface area (Å²) in [7, 11) is 0. The number of anilines is 1. The molecule has 30 heavy (non-hydrogen) atoms. The first kappa shape index (κ1) is 30.3. The summed E-state index contributed by atoms with van der Waals surface area (Å²) in [4.78, 5) is 15.8. The largest absolute Gasteiger partial charge is 2.00 e. The number of hydrogen-bond donors (Lipinski definition) is 1. The molecule has 0 unspecified atom stereocenters. The maximum absolute atomic E-state index is 12.5. The Kier molecular flexibility index (Phi) is 17.1. The van der Waals surface area contributed by atoms with Gasteiger partial charge in [-0.1, -0.05) is 44.9 Å². The molecule has 0 atom stereocenters. The molecule has 0 aliphatic heterocycles. The van der Waals surface area contributed by atoms with Gasteiger partial charge in [-0.3, -0.25) is 4.79 Å². The zero-order valence-corrected chi connectivity index (χ0v) is 21.8. The number of unbranched alkanes of at least 4 members (excludes halogenated alkanes) is 2. The van der Waals surface area contributed by atoms with E-state index in [1.807, 2.05) is 6.07 Å². The average molecular weight is 505 g/mol. The number of benzene rings is 2. The Morgan fingerprint density at radius 2 is 1.53 bits per heavy atom. The van der Waals surface area contributed by atoms with Gasteiger partial charge in [0.2, 0.25) is 11.1 Å². The van der Waals surface area contributed by atoms with E-state index in [1.54, 1.807) is 36.4 Å². The van der Waals surface area contributed by atoms with E-state index in [9.17, 15) is 10.2 Å². The summed E-state index contributed by atoms with van der Waals surface area (Å²) in [6.45, 7) is 5.14. The van der Waals surface area contributed by atoms with E-state index in [4.69, 9.17) is 9.47 Å². The number of diazo groups is 1. The third-order valence-corrected chi connectivity index (χ3v) is 3.96. The fourth-order valence-corrected chi connectivity index (χ4v) is 2.40. The molecule has 0 aliphatic carbocycles. The Morgan fingerprint density at radius 3 is 2.07 bits per heavy atom. The van der Waals surface area contributed by atoms with E-state index < -0.39 is 0 Å². The fraction of sp³-hybridized carbons (Fsp3) is 0.381. The van der Waals surface area contributed by atoms with Crippen LogP contribution >= 0.6 is 0 Å². The number of halogens is 2. The molecule has 0 fully saturated rings. The van der Waals surface area contributed by atoms with Crippen LogP contribution in [-0.2, 0) is 19.5 Å².